The summed E-state index contributed by atoms with van der Waals surface area (Å²) < 4.78 is 1.44. The van der Waals surface area contributed by atoms with E-state index in [1.54, 1.807) is 4.88 Å². The lowest BCUT2D eigenvalue weighted by Gasteiger charge is -2.25. The summed E-state index contributed by atoms with van der Waals surface area (Å²) in [4.78, 5) is 4.53. The quantitative estimate of drug-likeness (QED) is 0.248. The molecule has 0 amide bonds. The van der Waals surface area contributed by atoms with Crippen molar-refractivity contribution in [3.63, 3.8) is 0 Å². The van der Waals surface area contributed by atoms with Gasteiger partial charge in [-0.2, -0.15) is 0 Å². The number of benzene rings is 4. The number of fused-ring (bicyclic) bond motifs is 10. The first kappa shape index (κ1) is 16.3. The molecule has 1 aliphatic heterocycles. The van der Waals surface area contributed by atoms with Gasteiger partial charge in [-0.3, -0.25) is 0 Å². The molecule has 4 aromatic carbocycles. The number of hydrogen-bond donors (Lipinski definition) is 0. The van der Waals surface area contributed by atoms with Crippen molar-refractivity contribution in [1.29, 1.82) is 0 Å². The molecule has 29 heavy (non-hydrogen) atoms. The standard InChI is InChI=1S/C27H18S2/c1-15-24-21-13-11-17-7-3-5-9-19(17)27(21)28-23(24)14-22-20-12-10-16-6-2-4-8-18(16)26(20)29-25(15)22/h2-15,24H,1H3. The molecule has 2 heterocycles. The summed E-state index contributed by atoms with van der Waals surface area (Å²) in [6, 6.07) is 26.9. The van der Waals surface area contributed by atoms with Crippen LogP contribution in [0.2, 0.25) is 0 Å². The first-order valence-electron chi connectivity index (χ1n) is 10.1. The minimum Gasteiger partial charge on any atom is -0.139 e. The first-order chi connectivity index (χ1) is 14.3. The lowest BCUT2D eigenvalue weighted by Crippen LogP contribution is -2.10. The number of rotatable bonds is 0. The van der Waals surface area contributed by atoms with Crippen LogP contribution in [0.15, 0.2) is 82.6 Å². The van der Waals surface area contributed by atoms with Gasteiger partial charge in [0.2, 0.25) is 0 Å². The van der Waals surface area contributed by atoms with E-state index in [2.05, 4.69) is 85.8 Å². The Kier molecular flexibility index (Phi) is 3.22. The number of allylic oxidation sites excluding steroid dienone is 1. The van der Waals surface area contributed by atoms with E-state index in [1.807, 2.05) is 23.1 Å². The molecule has 0 nitrogen and oxygen atoms in total. The van der Waals surface area contributed by atoms with E-state index in [4.69, 9.17) is 0 Å². The molecule has 2 heteroatoms. The van der Waals surface area contributed by atoms with Crippen molar-refractivity contribution in [2.75, 3.05) is 0 Å². The van der Waals surface area contributed by atoms with Crippen molar-refractivity contribution in [3.05, 3.63) is 93.7 Å². The molecule has 0 spiro atoms. The second-order valence-corrected chi connectivity index (χ2v) is 10.3. The highest BCUT2D eigenvalue weighted by Gasteiger charge is 2.39. The zero-order valence-electron chi connectivity index (χ0n) is 16.0. The molecule has 7 rings (SSSR count). The molecule has 0 fully saturated rings. The van der Waals surface area contributed by atoms with Crippen molar-refractivity contribution in [3.8, 4) is 0 Å². The molecule has 2 aliphatic rings. The minimum absolute atomic E-state index is 0.492. The van der Waals surface area contributed by atoms with Crippen LogP contribution in [0.4, 0.5) is 0 Å². The molecule has 1 aromatic heterocycles. The van der Waals surface area contributed by atoms with Gasteiger partial charge in [0.15, 0.2) is 0 Å². The van der Waals surface area contributed by atoms with Crippen LogP contribution >= 0.6 is 23.1 Å². The van der Waals surface area contributed by atoms with Crippen LogP contribution in [0.3, 0.4) is 0 Å². The maximum atomic E-state index is 2.49. The highest BCUT2D eigenvalue weighted by molar-refractivity contribution is 8.03. The molecular formula is C27H18S2. The summed E-state index contributed by atoms with van der Waals surface area (Å²) in [5.74, 6) is 1.00. The predicted molar refractivity (Wildman–Crippen MR) is 128 cm³/mol. The zero-order valence-corrected chi connectivity index (χ0v) is 17.6. The fourth-order valence-electron chi connectivity index (χ4n) is 5.23. The van der Waals surface area contributed by atoms with E-state index in [1.165, 1.54) is 52.6 Å². The van der Waals surface area contributed by atoms with Crippen molar-refractivity contribution in [1.82, 2.24) is 0 Å². The van der Waals surface area contributed by atoms with Crippen LogP contribution in [0.1, 0.15) is 34.8 Å². The van der Waals surface area contributed by atoms with Crippen LogP contribution < -0.4 is 0 Å². The Balaban J connectivity index is 1.49. The van der Waals surface area contributed by atoms with Crippen molar-refractivity contribution >= 4 is 60.8 Å². The van der Waals surface area contributed by atoms with Gasteiger partial charge in [-0.25, -0.2) is 0 Å². The Morgan fingerprint density at radius 2 is 1.45 bits per heavy atom. The van der Waals surface area contributed by atoms with Crippen molar-refractivity contribution in [2.45, 2.75) is 23.7 Å². The maximum Gasteiger partial charge on any atom is 0.0430 e. The van der Waals surface area contributed by atoms with Gasteiger partial charge in [0.05, 0.1) is 0 Å². The maximum absolute atomic E-state index is 2.49. The highest BCUT2D eigenvalue weighted by Crippen LogP contribution is 2.61. The van der Waals surface area contributed by atoms with Crippen molar-refractivity contribution < 1.29 is 0 Å². The van der Waals surface area contributed by atoms with Gasteiger partial charge < -0.3 is 0 Å². The van der Waals surface area contributed by atoms with Crippen molar-refractivity contribution in [2.24, 2.45) is 0 Å². The zero-order chi connectivity index (χ0) is 19.1. The first-order valence-corrected chi connectivity index (χ1v) is 11.8. The average Bonchev–Trinajstić information content (AvgIpc) is 3.33. The summed E-state index contributed by atoms with van der Waals surface area (Å²) in [5, 5.41) is 6.89. The smallest absolute Gasteiger partial charge is 0.0430 e. The van der Waals surface area contributed by atoms with Crippen LogP contribution in [-0.4, -0.2) is 0 Å². The Morgan fingerprint density at radius 3 is 2.31 bits per heavy atom. The molecule has 0 saturated heterocycles. The third-order valence-corrected chi connectivity index (χ3v) is 9.34. The SMILES string of the molecule is CC1c2sc3c(ccc4ccccc43)c2C=C2Sc3c(ccc4ccccc34)C21. The lowest BCUT2D eigenvalue weighted by atomic mass is 9.80. The molecule has 1 aliphatic carbocycles. The van der Waals surface area contributed by atoms with Gasteiger partial charge in [-0.05, 0) is 43.7 Å². The normalized spacial score (nSPS) is 20.0. The Bertz CT molecular complexity index is 1500. The van der Waals surface area contributed by atoms with Gasteiger partial charge in [-0.1, -0.05) is 91.5 Å². The topological polar surface area (TPSA) is 0 Å². The minimum atomic E-state index is 0.492. The second-order valence-electron chi connectivity index (χ2n) is 8.16. The van der Waals surface area contributed by atoms with E-state index >= 15 is 0 Å². The fourth-order valence-corrected chi connectivity index (χ4v) is 8.12. The van der Waals surface area contributed by atoms with E-state index in [0.29, 0.717) is 11.8 Å². The van der Waals surface area contributed by atoms with Crippen LogP contribution in [0.5, 0.6) is 0 Å². The summed E-state index contributed by atoms with van der Waals surface area (Å²) in [6.45, 7) is 2.43. The molecule has 0 N–H and O–H groups in total. The molecule has 5 aromatic rings. The lowest BCUT2D eigenvalue weighted by molar-refractivity contribution is 0.675. The molecule has 138 valence electrons. The predicted octanol–water partition coefficient (Wildman–Crippen LogP) is 8.56. The van der Waals surface area contributed by atoms with Gasteiger partial charge in [0, 0.05) is 31.7 Å². The van der Waals surface area contributed by atoms with E-state index < -0.39 is 0 Å². The number of thiophene rings is 1. The summed E-state index contributed by atoms with van der Waals surface area (Å²) in [7, 11) is 0. The molecule has 0 saturated carbocycles. The monoisotopic (exact) mass is 406 g/mol. The van der Waals surface area contributed by atoms with E-state index in [0.717, 1.165) is 0 Å². The van der Waals surface area contributed by atoms with Crippen LogP contribution in [0, 0.1) is 0 Å². The van der Waals surface area contributed by atoms with E-state index in [9.17, 15) is 0 Å². The third-order valence-electron chi connectivity index (χ3n) is 6.62. The molecule has 2 unspecified atom stereocenters. The molecular weight excluding hydrogens is 388 g/mol. The summed E-state index contributed by atoms with van der Waals surface area (Å²) in [5.41, 5.74) is 2.97. The Morgan fingerprint density at radius 1 is 0.724 bits per heavy atom. The van der Waals surface area contributed by atoms with Crippen LogP contribution in [-0.2, 0) is 0 Å². The second kappa shape index (κ2) is 5.75. The van der Waals surface area contributed by atoms with Gasteiger partial charge in [0.1, 0.15) is 0 Å². The third kappa shape index (κ3) is 2.11. The average molecular weight is 407 g/mol. The van der Waals surface area contributed by atoms with E-state index in [-0.39, 0.29) is 0 Å². The largest absolute Gasteiger partial charge is 0.139 e. The highest BCUT2D eigenvalue weighted by atomic mass is 32.2. The van der Waals surface area contributed by atoms with Gasteiger partial charge in [-0.15, -0.1) is 11.3 Å². The van der Waals surface area contributed by atoms with Crippen LogP contribution in [0.25, 0.3) is 37.7 Å². The molecule has 2 atom stereocenters. The number of thioether (sulfide) groups is 1. The van der Waals surface area contributed by atoms with Gasteiger partial charge >= 0.3 is 0 Å². The van der Waals surface area contributed by atoms with Gasteiger partial charge in [0.25, 0.3) is 0 Å². The molecule has 0 bridgehead atoms. The Hall–Kier alpha value is -2.55. The summed E-state index contributed by atoms with van der Waals surface area (Å²) >= 11 is 4.01. The fraction of sp³-hybridized carbons (Fsp3) is 0.111. The molecule has 0 radical (unpaired) electrons. The Labute approximate surface area is 177 Å². The summed E-state index contributed by atoms with van der Waals surface area (Å²) in [6.07, 6.45) is 2.49. The number of hydrogen-bond acceptors (Lipinski definition) is 2.